The number of nitrogens with one attached hydrogen (secondary N) is 1. The van der Waals surface area contributed by atoms with Gasteiger partial charge in [0.15, 0.2) is 10.8 Å². The van der Waals surface area contributed by atoms with Gasteiger partial charge < -0.3 is 21.4 Å². The number of amides is 2. The summed E-state index contributed by atoms with van der Waals surface area (Å²) in [6, 6.07) is -0.939. The second kappa shape index (κ2) is 10.00. The number of aliphatic carboxylic acids is 1. The summed E-state index contributed by atoms with van der Waals surface area (Å²) >= 11 is 3.72. The number of thioether (sulfide) groups is 2. The Labute approximate surface area is 200 Å². The van der Waals surface area contributed by atoms with Crippen molar-refractivity contribution in [1.82, 2.24) is 15.2 Å². The van der Waals surface area contributed by atoms with E-state index in [0.29, 0.717) is 16.4 Å². The first kappa shape index (κ1) is 23.8. The van der Waals surface area contributed by atoms with E-state index in [0.717, 1.165) is 11.3 Å². The van der Waals surface area contributed by atoms with Gasteiger partial charge in [0.1, 0.15) is 22.8 Å². The number of β-lactam (4-membered cyclic amide) rings is 1. The van der Waals surface area contributed by atoms with Crippen LogP contribution in [0.3, 0.4) is 0 Å². The summed E-state index contributed by atoms with van der Waals surface area (Å²) in [5.74, 6) is -1.64. The van der Waals surface area contributed by atoms with Crippen LogP contribution in [0.2, 0.25) is 0 Å². The van der Waals surface area contributed by atoms with Crippen LogP contribution < -0.4 is 11.1 Å². The van der Waals surface area contributed by atoms with Gasteiger partial charge in [-0.1, -0.05) is 11.2 Å². The Morgan fingerprint density at radius 2 is 2.28 bits per heavy atom. The van der Waals surface area contributed by atoms with Crippen molar-refractivity contribution in [3.8, 4) is 0 Å². The fourth-order valence-electron chi connectivity index (χ4n) is 2.68. The number of nitrogens with zero attached hydrogens (tertiary/aromatic N) is 3. The Morgan fingerprint density at radius 1 is 1.55 bits per heavy atom. The molecule has 0 spiro atoms. The minimum absolute atomic E-state index is 0. The Hall–Kier alpha value is -1.51. The van der Waals surface area contributed by atoms with Crippen molar-refractivity contribution in [1.29, 1.82) is 0 Å². The van der Waals surface area contributed by atoms with E-state index in [1.807, 2.05) is 0 Å². The number of hydrogen-bond donors (Lipinski definition) is 4. The zero-order chi connectivity index (χ0) is 20.4. The number of carboxylic acid groups (broad SMARTS) is 1. The SMILES string of the molecule is C=CCSC1=C(C(=O)O)N2C(=O)[C@@H](NC(=O)/C(=N\O)c3csc(N)n3)[C@H]2SC1.[NaH]. The fraction of sp³-hybridized carbons (Fsp3) is 0.267. The Bertz CT molecular complexity index is 918. The van der Waals surface area contributed by atoms with Gasteiger partial charge in [-0.3, -0.25) is 14.5 Å². The molecule has 0 radical (unpaired) electrons. The maximum atomic E-state index is 12.6. The third-order valence-electron chi connectivity index (χ3n) is 3.88. The molecule has 1 fully saturated rings. The molecule has 14 heteroatoms. The quantitative estimate of drug-likeness (QED) is 0.107. The summed E-state index contributed by atoms with van der Waals surface area (Å²) < 4.78 is 0. The summed E-state index contributed by atoms with van der Waals surface area (Å²) in [6.45, 7) is 3.60. The molecule has 2 aliphatic rings. The number of oxime groups is 1. The Morgan fingerprint density at radius 3 is 2.83 bits per heavy atom. The van der Waals surface area contributed by atoms with Gasteiger partial charge in [-0.05, 0) is 0 Å². The van der Waals surface area contributed by atoms with Gasteiger partial charge in [-0.15, -0.1) is 41.4 Å². The third-order valence-corrected chi connectivity index (χ3v) is 7.10. The minimum atomic E-state index is -1.20. The van der Waals surface area contributed by atoms with Gasteiger partial charge in [0.05, 0.1) is 0 Å². The predicted octanol–water partition coefficient (Wildman–Crippen LogP) is -0.130. The molecule has 0 unspecified atom stereocenters. The standard InChI is InChI=1S/C15H15N5O5S3.Na.H/c1-2-3-26-7-5-27-13-9(12(22)20(13)10(7)14(23)24)18-11(21)8(19-25)6-4-28-15(16)17-6;;/h2,4,9,13,25H,1,3,5H2,(H2,16,17)(H,18,21)(H,23,24);;/b19-8-;;/t9-,13-;;/m1../s1. The number of carboxylic acids is 1. The third kappa shape index (κ3) is 4.64. The van der Waals surface area contributed by atoms with Crippen LogP contribution in [0.5, 0.6) is 0 Å². The molecular formula is C15H16N5NaO5S3. The molecule has 1 saturated heterocycles. The molecule has 3 rings (SSSR count). The van der Waals surface area contributed by atoms with Crippen LogP contribution in [0.25, 0.3) is 0 Å². The van der Waals surface area contributed by atoms with E-state index in [9.17, 15) is 19.5 Å². The van der Waals surface area contributed by atoms with Crippen LogP contribution in [0.1, 0.15) is 5.69 Å². The van der Waals surface area contributed by atoms with Crippen LogP contribution in [-0.2, 0) is 14.4 Å². The molecule has 2 aliphatic heterocycles. The zero-order valence-electron chi connectivity index (χ0n) is 14.2. The molecule has 1 aromatic rings. The van der Waals surface area contributed by atoms with Gasteiger partial charge >= 0.3 is 35.5 Å². The van der Waals surface area contributed by atoms with E-state index in [1.165, 1.54) is 33.8 Å². The average Bonchev–Trinajstić information content (AvgIpc) is 3.09. The Balaban J connectivity index is 0.00000300. The summed E-state index contributed by atoms with van der Waals surface area (Å²) in [6.07, 6.45) is 1.65. The predicted molar refractivity (Wildman–Crippen MR) is 114 cm³/mol. The van der Waals surface area contributed by atoms with Gasteiger partial charge in [0.25, 0.3) is 11.8 Å². The van der Waals surface area contributed by atoms with Crippen LogP contribution in [0.4, 0.5) is 5.13 Å². The van der Waals surface area contributed by atoms with Crippen LogP contribution in [0.15, 0.2) is 33.8 Å². The topological polar surface area (TPSA) is 158 Å². The van der Waals surface area contributed by atoms with Gasteiger partial charge in [-0.2, -0.15) is 0 Å². The van der Waals surface area contributed by atoms with Crippen LogP contribution >= 0.6 is 34.9 Å². The number of carbonyl (C=O) groups is 3. The van der Waals surface area contributed by atoms with E-state index in [1.54, 1.807) is 6.08 Å². The van der Waals surface area contributed by atoms with Crippen molar-refractivity contribution < 1.29 is 24.7 Å². The number of hydrogen-bond acceptors (Lipinski definition) is 10. The number of anilines is 1. The summed E-state index contributed by atoms with van der Waals surface area (Å²) in [7, 11) is 0. The Kier molecular flexibility index (Phi) is 8.19. The van der Waals surface area contributed by atoms with Crippen molar-refractivity contribution >= 4 is 93.0 Å². The normalized spacial score (nSPS) is 21.0. The molecule has 3 heterocycles. The maximum absolute atomic E-state index is 12.6. The summed E-state index contributed by atoms with van der Waals surface area (Å²) in [5, 5.41) is 25.2. The van der Waals surface area contributed by atoms with Crippen molar-refractivity contribution in [2.24, 2.45) is 5.16 Å². The first-order chi connectivity index (χ1) is 13.4. The van der Waals surface area contributed by atoms with E-state index < -0.39 is 29.2 Å². The number of fused-ring (bicyclic) bond motifs is 1. The van der Waals surface area contributed by atoms with E-state index in [2.05, 4.69) is 22.0 Å². The second-order valence-corrected chi connectivity index (χ2v) is 8.67. The van der Waals surface area contributed by atoms with Gasteiger partial charge in [0, 0.05) is 21.8 Å². The average molecular weight is 466 g/mol. The second-order valence-electron chi connectivity index (χ2n) is 5.56. The van der Waals surface area contributed by atoms with Crippen molar-refractivity contribution in [2.45, 2.75) is 11.4 Å². The van der Waals surface area contributed by atoms with Gasteiger partial charge in [0.2, 0.25) is 0 Å². The molecule has 1 aromatic heterocycles. The molecule has 10 nitrogen and oxygen atoms in total. The number of nitrogen functional groups attached to an aromatic ring is 1. The van der Waals surface area contributed by atoms with Crippen LogP contribution in [-0.4, -0.2) is 96.2 Å². The number of carbonyl (C=O) groups excluding carboxylic acids is 2. The number of aromatic nitrogens is 1. The molecule has 0 saturated carbocycles. The molecule has 5 N–H and O–H groups in total. The summed E-state index contributed by atoms with van der Waals surface area (Å²) in [4.78, 5) is 42.3. The summed E-state index contributed by atoms with van der Waals surface area (Å²) in [5.41, 5.74) is 5.14. The molecule has 29 heavy (non-hydrogen) atoms. The van der Waals surface area contributed by atoms with Crippen molar-refractivity contribution in [3.05, 3.63) is 34.3 Å². The molecular weight excluding hydrogens is 449 g/mol. The van der Waals surface area contributed by atoms with Crippen LogP contribution in [0, 0.1) is 0 Å². The zero-order valence-corrected chi connectivity index (χ0v) is 16.6. The van der Waals surface area contributed by atoms with Crippen molar-refractivity contribution in [2.75, 3.05) is 17.2 Å². The fourth-order valence-corrected chi connectivity index (χ4v) is 5.60. The number of thiazole rings is 1. The number of rotatable bonds is 7. The van der Waals surface area contributed by atoms with E-state index in [-0.39, 0.29) is 51.8 Å². The molecule has 0 aromatic carbocycles. The first-order valence-electron chi connectivity index (χ1n) is 7.78. The molecule has 0 bridgehead atoms. The molecule has 0 aliphatic carbocycles. The molecule has 2 amide bonds. The van der Waals surface area contributed by atoms with E-state index >= 15 is 0 Å². The molecule has 150 valence electrons. The first-order valence-corrected chi connectivity index (χ1v) is 10.7. The van der Waals surface area contributed by atoms with Crippen molar-refractivity contribution in [3.63, 3.8) is 0 Å². The van der Waals surface area contributed by atoms with Gasteiger partial charge in [-0.25, -0.2) is 9.78 Å². The number of nitrogens with two attached hydrogens (primary N) is 1. The molecule has 2 atom stereocenters. The monoisotopic (exact) mass is 465 g/mol. The van der Waals surface area contributed by atoms with E-state index in [4.69, 9.17) is 10.9 Å².